The molecule has 2 rings (SSSR count). The van der Waals surface area contributed by atoms with Crippen LogP contribution in [0.2, 0.25) is 0 Å². The maximum Gasteiger partial charge on any atom is 0.326 e. The average Bonchev–Trinajstić information content (AvgIpc) is 3.18. The number of benzene rings is 1. The molecule has 1 unspecified atom stereocenters. The SMILES string of the molecule is CC(OC(=O)CNC(=O)COc1ccccc1)C(=O)NC(=O)NC1CCCC1. The summed E-state index contributed by atoms with van der Waals surface area (Å²) in [7, 11) is 0. The van der Waals surface area contributed by atoms with Crippen LogP contribution in [-0.4, -0.2) is 49.1 Å². The fourth-order valence-corrected chi connectivity index (χ4v) is 2.68. The van der Waals surface area contributed by atoms with Crippen molar-refractivity contribution in [3.63, 3.8) is 0 Å². The quantitative estimate of drug-likeness (QED) is 0.566. The van der Waals surface area contributed by atoms with Gasteiger partial charge in [-0.15, -0.1) is 0 Å². The summed E-state index contributed by atoms with van der Waals surface area (Å²) in [5.74, 6) is -1.51. The smallest absolute Gasteiger partial charge is 0.326 e. The fourth-order valence-electron chi connectivity index (χ4n) is 2.68. The molecule has 9 nitrogen and oxygen atoms in total. The number of rotatable bonds is 8. The molecule has 0 radical (unpaired) electrons. The number of urea groups is 1. The zero-order valence-corrected chi connectivity index (χ0v) is 15.7. The molecule has 1 aliphatic rings. The van der Waals surface area contributed by atoms with Crippen LogP contribution in [0.1, 0.15) is 32.6 Å². The number of hydrogen-bond acceptors (Lipinski definition) is 6. The lowest BCUT2D eigenvalue weighted by Crippen LogP contribution is -2.47. The molecule has 1 atom stereocenters. The molecule has 4 amide bonds. The Morgan fingerprint density at radius 2 is 1.79 bits per heavy atom. The second-order valence-corrected chi connectivity index (χ2v) is 6.45. The molecule has 3 N–H and O–H groups in total. The molecule has 1 fully saturated rings. The number of esters is 1. The Balaban J connectivity index is 1.61. The minimum absolute atomic E-state index is 0.0685. The molecule has 28 heavy (non-hydrogen) atoms. The highest BCUT2D eigenvalue weighted by Gasteiger charge is 2.22. The highest BCUT2D eigenvalue weighted by atomic mass is 16.5. The van der Waals surface area contributed by atoms with Crippen LogP contribution in [0.3, 0.4) is 0 Å². The predicted molar refractivity (Wildman–Crippen MR) is 99.4 cm³/mol. The Hall–Kier alpha value is -3.10. The molecule has 9 heteroatoms. The third-order valence-electron chi connectivity index (χ3n) is 4.15. The molecule has 1 aromatic rings. The second kappa shape index (κ2) is 10.9. The Morgan fingerprint density at radius 1 is 1.11 bits per heavy atom. The summed E-state index contributed by atoms with van der Waals surface area (Å²) in [6.07, 6.45) is 2.71. The number of amides is 4. The van der Waals surface area contributed by atoms with Gasteiger partial charge in [-0.3, -0.25) is 19.7 Å². The van der Waals surface area contributed by atoms with Crippen molar-refractivity contribution in [3.8, 4) is 5.75 Å². The maximum atomic E-state index is 11.9. The van der Waals surface area contributed by atoms with Gasteiger partial charge in [0.05, 0.1) is 0 Å². The molecule has 1 aromatic carbocycles. The van der Waals surface area contributed by atoms with E-state index in [1.165, 1.54) is 6.92 Å². The van der Waals surface area contributed by atoms with Crippen LogP contribution in [0.5, 0.6) is 5.75 Å². The molecule has 1 aliphatic carbocycles. The summed E-state index contributed by atoms with van der Waals surface area (Å²) in [6, 6.07) is 8.22. The summed E-state index contributed by atoms with van der Waals surface area (Å²) in [6.45, 7) is 0.675. The first-order valence-corrected chi connectivity index (χ1v) is 9.19. The van der Waals surface area contributed by atoms with Crippen LogP contribution in [0.4, 0.5) is 4.79 Å². The van der Waals surface area contributed by atoms with Crippen LogP contribution < -0.4 is 20.7 Å². The Bertz CT molecular complexity index is 688. The molecule has 0 heterocycles. The first-order chi connectivity index (χ1) is 13.4. The summed E-state index contributed by atoms with van der Waals surface area (Å²) in [5, 5.41) is 7.18. The van der Waals surface area contributed by atoms with Gasteiger partial charge in [-0.25, -0.2) is 4.79 Å². The van der Waals surface area contributed by atoms with Crippen LogP contribution >= 0.6 is 0 Å². The van der Waals surface area contributed by atoms with E-state index >= 15 is 0 Å². The number of para-hydroxylation sites is 1. The highest BCUT2D eigenvalue weighted by molar-refractivity contribution is 5.97. The number of nitrogens with one attached hydrogen (secondary N) is 3. The van der Waals surface area contributed by atoms with Crippen LogP contribution in [0.15, 0.2) is 30.3 Å². The minimum atomic E-state index is -1.17. The minimum Gasteiger partial charge on any atom is -0.484 e. The third-order valence-corrected chi connectivity index (χ3v) is 4.15. The van der Waals surface area contributed by atoms with Gasteiger partial charge in [0.2, 0.25) is 0 Å². The van der Waals surface area contributed by atoms with Crippen molar-refractivity contribution >= 4 is 23.8 Å². The normalized spacial score (nSPS) is 14.6. The number of hydrogen-bond donors (Lipinski definition) is 3. The molecule has 0 spiro atoms. The van der Waals surface area contributed by atoms with E-state index in [4.69, 9.17) is 9.47 Å². The standard InChI is InChI=1S/C19H25N3O6/c1-13(18(25)22-19(26)21-14-7-5-6-8-14)28-17(24)11-20-16(23)12-27-15-9-3-2-4-10-15/h2-4,9-10,13-14H,5-8,11-12H2,1H3,(H,20,23)(H2,21,22,25,26). The molecule has 0 bridgehead atoms. The van der Waals surface area contributed by atoms with Gasteiger partial charge in [-0.05, 0) is 31.9 Å². The van der Waals surface area contributed by atoms with E-state index in [1.54, 1.807) is 24.3 Å². The van der Waals surface area contributed by atoms with Crippen molar-refractivity contribution < 1.29 is 28.7 Å². The van der Waals surface area contributed by atoms with Crippen molar-refractivity contribution in [2.24, 2.45) is 0 Å². The first kappa shape index (κ1) is 21.2. The van der Waals surface area contributed by atoms with E-state index in [1.807, 2.05) is 6.07 Å². The van der Waals surface area contributed by atoms with Gasteiger partial charge in [0.1, 0.15) is 12.3 Å². The number of carbonyl (C=O) groups excluding carboxylic acids is 4. The van der Waals surface area contributed by atoms with E-state index < -0.39 is 36.5 Å². The van der Waals surface area contributed by atoms with Gasteiger partial charge in [0.25, 0.3) is 11.8 Å². The molecule has 152 valence electrons. The summed E-state index contributed by atoms with van der Waals surface area (Å²) >= 11 is 0. The molecule has 0 aromatic heterocycles. The lowest BCUT2D eigenvalue weighted by molar-refractivity contribution is -0.154. The van der Waals surface area contributed by atoms with Gasteiger partial charge in [0, 0.05) is 6.04 Å². The molecular weight excluding hydrogens is 366 g/mol. The lowest BCUT2D eigenvalue weighted by atomic mass is 10.2. The zero-order chi connectivity index (χ0) is 20.4. The topological polar surface area (TPSA) is 123 Å². The van der Waals surface area contributed by atoms with Crippen molar-refractivity contribution in [1.29, 1.82) is 0 Å². The van der Waals surface area contributed by atoms with Crippen LogP contribution in [0.25, 0.3) is 0 Å². The summed E-state index contributed by atoms with van der Waals surface area (Å²) in [4.78, 5) is 47.1. The molecule has 0 aliphatic heterocycles. The molecule has 0 saturated heterocycles. The Kier molecular flexibility index (Phi) is 8.26. The average molecular weight is 391 g/mol. The van der Waals surface area contributed by atoms with Gasteiger partial charge in [-0.2, -0.15) is 0 Å². The van der Waals surface area contributed by atoms with Crippen molar-refractivity contribution in [2.45, 2.75) is 44.8 Å². The maximum absolute atomic E-state index is 11.9. The van der Waals surface area contributed by atoms with Crippen molar-refractivity contribution in [3.05, 3.63) is 30.3 Å². The Morgan fingerprint density at radius 3 is 2.46 bits per heavy atom. The number of imide groups is 1. The van der Waals surface area contributed by atoms with Gasteiger partial charge in [-0.1, -0.05) is 31.0 Å². The van der Waals surface area contributed by atoms with Crippen LogP contribution in [-0.2, 0) is 19.1 Å². The monoisotopic (exact) mass is 391 g/mol. The molecular formula is C19H25N3O6. The highest BCUT2D eigenvalue weighted by Crippen LogP contribution is 2.17. The van der Waals surface area contributed by atoms with Crippen molar-refractivity contribution in [1.82, 2.24) is 16.0 Å². The van der Waals surface area contributed by atoms with Gasteiger partial charge < -0.3 is 20.1 Å². The van der Waals surface area contributed by atoms with Crippen molar-refractivity contribution in [2.75, 3.05) is 13.2 Å². The fraction of sp³-hybridized carbons (Fsp3) is 0.474. The third kappa shape index (κ3) is 7.65. The second-order valence-electron chi connectivity index (χ2n) is 6.45. The summed E-state index contributed by atoms with van der Waals surface area (Å²) in [5.41, 5.74) is 0. The van der Waals surface area contributed by atoms with E-state index in [2.05, 4.69) is 16.0 Å². The van der Waals surface area contributed by atoms with Gasteiger partial charge >= 0.3 is 12.0 Å². The lowest BCUT2D eigenvalue weighted by Gasteiger charge is -2.15. The number of ether oxygens (including phenoxy) is 2. The predicted octanol–water partition coefficient (Wildman–Crippen LogP) is 0.882. The van der Waals surface area contributed by atoms with Crippen LogP contribution in [0, 0.1) is 0 Å². The zero-order valence-electron chi connectivity index (χ0n) is 15.7. The Labute approximate surface area is 163 Å². The van der Waals surface area contributed by atoms with E-state index in [9.17, 15) is 19.2 Å². The van der Waals surface area contributed by atoms with E-state index in [0.717, 1.165) is 25.7 Å². The first-order valence-electron chi connectivity index (χ1n) is 9.19. The van der Waals surface area contributed by atoms with E-state index in [0.29, 0.717) is 5.75 Å². The number of carbonyl (C=O) groups is 4. The largest absolute Gasteiger partial charge is 0.484 e. The van der Waals surface area contributed by atoms with Gasteiger partial charge in [0.15, 0.2) is 12.7 Å². The summed E-state index contributed by atoms with van der Waals surface area (Å²) < 4.78 is 10.2. The molecule has 1 saturated carbocycles. The van der Waals surface area contributed by atoms with E-state index in [-0.39, 0.29) is 12.6 Å².